The monoisotopic (exact) mass is 411 g/mol. The number of hydrogen-bond acceptors (Lipinski definition) is 5. The first-order valence-electron chi connectivity index (χ1n) is 10.8. The van der Waals surface area contributed by atoms with Crippen LogP contribution >= 0.6 is 0 Å². The van der Waals surface area contributed by atoms with E-state index in [1.54, 1.807) is 25.3 Å². The summed E-state index contributed by atoms with van der Waals surface area (Å²) in [6, 6.07) is 15.5. The van der Waals surface area contributed by atoms with Crippen LogP contribution in [0.15, 0.2) is 48.5 Å². The number of nitrogens with zero attached hydrogens (tertiary/aromatic N) is 2. The highest BCUT2D eigenvalue weighted by Crippen LogP contribution is 2.22. The van der Waals surface area contributed by atoms with Crippen LogP contribution in [0.5, 0.6) is 11.5 Å². The molecular weight excluding hydrogens is 378 g/mol. The number of rotatable bonds is 11. The molecule has 0 radical (unpaired) electrons. The van der Waals surface area contributed by atoms with Gasteiger partial charge in [0.1, 0.15) is 11.5 Å². The van der Waals surface area contributed by atoms with Gasteiger partial charge in [-0.15, -0.1) is 0 Å². The van der Waals surface area contributed by atoms with Gasteiger partial charge in [0.15, 0.2) is 0 Å². The lowest BCUT2D eigenvalue weighted by molar-refractivity contribution is 0.0996. The topological polar surface area (TPSA) is 68.0 Å². The lowest BCUT2D eigenvalue weighted by Crippen LogP contribution is -2.46. The Hall–Kier alpha value is -2.73. The van der Waals surface area contributed by atoms with Crippen LogP contribution < -0.4 is 20.1 Å². The molecule has 1 aliphatic heterocycles. The van der Waals surface area contributed by atoms with Crippen LogP contribution in [0.4, 0.5) is 5.69 Å². The van der Waals surface area contributed by atoms with E-state index in [1.807, 2.05) is 12.1 Å². The van der Waals surface area contributed by atoms with E-state index in [4.69, 9.17) is 15.2 Å². The normalized spacial score (nSPS) is 14.5. The van der Waals surface area contributed by atoms with Crippen molar-refractivity contribution in [3.05, 3.63) is 54.1 Å². The molecule has 0 aromatic heterocycles. The Bertz CT molecular complexity index is 804. The molecule has 2 aromatic rings. The van der Waals surface area contributed by atoms with E-state index in [0.717, 1.165) is 51.3 Å². The summed E-state index contributed by atoms with van der Waals surface area (Å²) in [6.45, 7) is 6.08. The third-order valence-corrected chi connectivity index (χ3v) is 5.57. The lowest BCUT2D eigenvalue weighted by atomic mass is 10.1. The first-order valence-corrected chi connectivity index (χ1v) is 10.8. The first kappa shape index (κ1) is 22.0. The molecule has 3 rings (SSSR count). The molecule has 0 aliphatic carbocycles. The summed E-state index contributed by atoms with van der Waals surface area (Å²) >= 11 is 0. The summed E-state index contributed by atoms with van der Waals surface area (Å²) in [5.74, 6) is 1.05. The number of hydrogen-bond donors (Lipinski definition) is 1. The molecule has 2 N–H and O–H groups in total. The second-order valence-corrected chi connectivity index (χ2v) is 7.65. The fourth-order valence-electron chi connectivity index (χ4n) is 3.81. The summed E-state index contributed by atoms with van der Waals surface area (Å²) in [6.07, 6.45) is 4.51. The van der Waals surface area contributed by atoms with Crippen molar-refractivity contribution < 1.29 is 14.3 Å². The summed E-state index contributed by atoms with van der Waals surface area (Å²) in [4.78, 5) is 16.4. The molecule has 6 nitrogen and oxygen atoms in total. The lowest BCUT2D eigenvalue weighted by Gasteiger charge is -2.36. The quantitative estimate of drug-likeness (QED) is 0.573. The van der Waals surface area contributed by atoms with Gasteiger partial charge in [0.05, 0.1) is 19.3 Å². The maximum Gasteiger partial charge on any atom is 0.252 e. The van der Waals surface area contributed by atoms with Crippen molar-refractivity contribution in [1.82, 2.24) is 4.90 Å². The number of unbranched alkanes of at least 4 members (excludes halogenated alkanes) is 3. The minimum Gasteiger partial charge on any atom is -0.497 e. The molecule has 1 aliphatic rings. The zero-order chi connectivity index (χ0) is 21.2. The standard InChI is InChI=1S/C24H33N3O3/c1-29-21-10-8-9-20(19-21)27-16-14-26(15-17-27)13-6-2-3-7-18-30-23-12-5-4-11-22(23)24(25)28/h4-5,8-12,19H,2-3,6-7,13-18H2,1H3,(H2,25,28). The molecule has 1 heterocycles. The van der Waals surface area contributed by atoms with Gasteiger partial charge in [-0.05, 0) is 43.7 Å². The largest absolute Gasteiger partial charge is 0.497 e. The highest BCUT2D eigenvalue weighted by molar-refractivity contribution is 5.95. The zero-order valence-electron chi connectivity index (χ0n) is 17.9. The molecule has 0 unspecified atom stereocenters. The van der Waals surface area contributed by atoms with Crippen LogP contribution in [0.1, 0.15) is 36.0 Å². The minimum atomic E-state index is -0.447. The van der Waals surface area contributed by atoms with Gasteiger partial charge in [-0.25, -0.2) is 0 Å². The van der Waals surface area contributed by atoms with Gasteiger partial charge in [0, 0.05) is 37.9 Å². The maximum atomic E-state index is 11.4. The van der Waals surface area contributed by atoms with Gasteiger partial charge in [-0.3, -0.25) is 9.69 Å². The van der Waals surface area contributed by atoms with Gasteiger partial charge in [0.25, 0.3) is 5.91 Å². The number of anilines is 1. The molecule has 1 amide bonds. The second kappa shape index (κ2) is 11.5. The molecule has 162 valence electrons. The zero-order valence-corrected chi connectivity index (χ0v) is 17.9. The third kappa shape index (κ3) is 6.39. The van der Waals surface area contributed by atoms with Crippen molar-refractivity contribution in [3.63, 3.8) is 0 Å². The fraction of sp³-hybridized carbons (Fsp3) is 0.458. The Kier molecular flexibility index (Phi) is 8.39. The summed E-state index contributed by atoms with van der Waals surface area (Å²) < 4.78 is 11.1. The Morgan fingerprint density at radius 2 is 1.73 bits per heavy atom. The van der Waals surface area contributed by atoms with E-state index in [9.17, 15) is 4.79 Å². The van der Waals surface area contributed by atoms with E-state index in [1.165, 1.54) is 18.5 Å². The van der Waals surface area contributed by atoms with Gasteiger partial charge in [-0.2, -0.15) is 0 Å². The average molecular weight is 412 g/mol. The predicted octanol–water partition coefficient (Wildman–Crippen LogP) is 3.56. The van der Waals surface area contributed by atoms with Gasteiger partial charge in [0.2, 0.25) is 0 Å². The number of methoxy groups -OCH3 is 1. The average Bonchev–Trinajstić information content (AvgIpc) is 2.79. The Balaban J connectivity index is 1.27. The first-order chi connectivity index (χ1) is 14.7. The van der Waals surface area contributed by atoms with Crippen molar-refractivity contribution in [2.75, 3.05) is 51.3 Å². The molecule has 30 heavy (non-hydrogen) atoms. The van der Waals surface area contributed by atoms with Crippen molar-refractivity contribution in [2.24, 2.45) is 5.73 Å². The van der Waals surface area contributed by atoms with E-state index < -0.39 is 5.91 Å². The van der Waals surface area contributed by atoms with E-state index >= 15 is 0 Å². The molecule has 2 aromatic carbocycles. The van der Waals surface area contributed by atoms with Gasteiger partial charge in [-0.1, -0.05) is 31.0 Å². The number of para-hydroxylation sites is 1. The number of primary amides is 1. The second-order valence-electron chi connectivity index (χ2n) is 7.65. The number of amides is 1. The number of ether oxygens (including phenoxy) is 2. The van der Waals surface area contributed by atoms with Crippen molar-refractivity contribution >= 4 is 11.6 Å². The molecule has 1 saturated heterocycles. The number of benzene rings is 2. The van der Waals surface area contributed by atoms with Crippen LogP contribution in [0.25, 0.3) is 0 Å². The van der Waals surface area contributed by atoms with Crippen LogP contribution in [-0.4, -0.2) is 57.2 Å². The molecule has 0 saturated carbocycles. The summed E-state index contributed by atoms with van der Waals surface area (Å²) in [5, 5.41) is 0. The maximum absolute atomic E-state index is 11.4. The number of carbonyl (C=O) groups excluding carboxylic acids is 1. The summed E-state index contributed by atoms with van der Waals surface area (Å²) in [5.41, 5.74) is 7.07. The van der Waals surface area contributed by atoms with E-state index in [0.29, 0.717) is 17.9 Å². The Morgan fingerprint density at radius 3 is 2.50 bits per heavy atom. The van der Waals surface area contributed by atoms with Crippen LogP contribution in [0, 0.1) is 0 Å². The highest BCUT2D eigenvalue weighted by atomic mass is 16.5. The predicted molar refractivity (Wildman–Crippen MR) is 121 cm³/mol. The van der Waals surface area contributed by atoms with Crippen molar-refractivity contribution in [3.8, 4) is 11.5 Å². The highest BCUT2D eigenvalue weighted by Gasteiger charge is 2.17. The summed E-state index contributed by atoms with van der Waals surface area (Å²) in [7, 11) is 1.71. The van der Waals surface area contributed by atoms with Crippen molar-refractivity contribution in [1.29, 1.82) is 0 Å². The van der Waals surface area contributed by atoms with Crippen LogP contribution in [0.3, 0.4) is 0 Å². The van der Waals surface area contributed by atoms with Gasteiger partial charge < -0.3 is 20.1 Å². The van der Waals surface area contributed by atoms with Crippen LogP contribution in [0.2, 0.25) is 0 Å². The molecule has 0 bridgehead atoms. The SMILES string of the molecule is COc1cccc(N2CCN(CCCCCCOc3ccccc3C(N)=O)CC2)c1. The van der Waals surface area contributed by atoms with Gasteiger partial charge >= 0.3 is 0 Å². The molecule has 6 heteroatoms. The minimum absolute atomic E-state index is 0.447. The molecular formula is C24H33N3O3. The van der Waals surface area contributed by atoms with E-state index in [2.05, 4.69) is 28.0 Å². The number of nitrogens with two attached hydrogens (primary N) is 1. The number of carbonyl (C=O) groups is 1. The number of piperazine rings is 1. The Labute approximate surface area is 179 Å². The fourth-order valence-corrected chi connectivity index (χ4v) is 3.81. The molecule has 0 spiro atoms. The smallest absolute Gasteiger partial charge is 0.252 e. The molecule has 1 fully saturated rings. The Morgan fingerprint density at radius 1 is 0.967 bits per heavy atom. The molecule has 0 atom stereocenters. The van der Waals surface area contributed by atoms with Crippen LogP contribution in [-0.2, 0) is 0 Å². The third-order valence-electron chi connectivity index (χ3n) is 5.57. The van der Waals surface area contributed by atoms with E-state index in [-0.39, 0.29) is 0 Å². The van der Waals surface area contributed by atoms with Crippen molar-refractivity contribution in [2.45, 2.75) is 25.7 Å².